The molecule has 0 spiro atoms. The van der Waals surface area contributed by atoms with Crippen LogP contribution in [0.15, 0.2) is 105 Å². The van der Waals surface area contributed by atoms with E-state index in [1.807, 2.05) is 0 Å². The number of anilines is 1. The second-order valence-electron chi connectivity index (χ2n) is 27.5. The quantitative estimate of drug-likeness (QED) is 0.0356. The minimum absolute atomic E-state index is 0.0130. The number of aliphatic hydroxyl groups is 4. The number of nitrogens with one attached hydrogen (secondary N) is 11. The average Bonchev–Trinajstić information content (AvgIpc) is 1.46. The fourth-order valence-corrected chi connectivity index (χ4v) is 17.1. The number of thiazole rings is 4. The molecule has 15 unspecified atom stereocenters. The molecule has 0 fully saturated rings. The first-order valence-electron chi connectivity index (χ1n) is 35.4. The molecule has 42 heteroatoms. The number of phenols is 1. The predicted octanol–water partition coefficient (Wildman–Crippen LogP) is 1.38. The molecule has 1 aromatic carbocycles. The molecule has 604 valence electrons. The van der Waals surface area contributed by atoms with Crippen LogP contribution in [0.4, 0.5) is 5.69 Å². The monoisotopic (exact) mass is 1660 g/mol. The van der Waals surface area contributed by atoms with Gasteiger partial charge in [-0.15, -0.1) is 45.8 Å². The highest BCUT2D eigenvalue weighted by Crippen LogP contribution is 2.45. The lowest BCUT2D eigenvalue weighted by molar-refractivity contribution is -0.735. The highest BCUT2D eigenvalue weighted by molar-refractivity contribution is 8.14. The Kier molecular flexibility index (Phi) is 26.3. The van der Waals surface area contributed by atoms with Gasteiger partial charge in [-0.3, -0.25) is 57.7 Å². The number of aromatic nitrogens is 5. The molecule has 10 rings (SSSR count). The highest BCUT2D eigenvalue weighted by Gasteiger charge is 2.56. The fourth-order valence-electron chi connectivity index (χ4n) is 12.2. The molecule has 0 radical (unpaired) electrons. The molecule has 11 bridgehead atoms. The summed E-state index contributed by atoms with van der Waals surface area (Å²) >= 11 is 4.46. The predicted molar refractivity (Wildman–Crippen MR) is 419 cm³/mol. The smallest absolute Gasteiger partial charge is 0.357 e. The number of aliphatic hydroxyl groups excluding tert-OH is 3. The van der Waals surface area contributed by atoms with Crippen LogP contribution in [0.2, 0.25) is 0 Å². The Morgan fingerprint density at radius 2 is 1.47 bits per heavy atom. The van der Waals surface area contributed by atoms with Crippen LogP contribution in [0.3, 0.4) is 0 Å². The first kappa shape index (κ1) is 85.3. The summed E-state index contributed by atoms with van der Waals surface area (Å²) in [6.07, 6.45) is -5.06. The van der Waals surface area contributed by atoms with Gasteiger partial charge in [0.25, 0.3) is 46.6 Å². The van der Waals surface area contributed by atoms with E-state index in [9.17, 15) is 68.7 Å². The number of thioether (sulfide) groups is 1. The van der Waals surface area contributed by atoms with Crippen molar-refractivity contribution in [3.8, 4) is 5.75 Å². The second kappa shape index (κ2) is 35.1. The minimum atomic E-state index is -2.23. The van der Waals surface area contributed by atoms with E-state index in [0.29, 0.717) is 6.42 Å². The second-order valence-corrected chi connectivity index (χ2v) is 32.1. The number of hydrogen-bond acceptors (Lipinski definition) is 30. The van der Waals surface area contributed by atoms with Crippen molar-refractivity contribution >= 4 is 155 Å². The van der Waals surface area contributed by atoms with Crippen LogP contribution < -0.4 is 68.8 Å². The van der Waals surface area contributed by atoms with Crippen molar-refractivity contribution < 1.29 is 92.4 Å². The summed E-state index contributed by atoms with van der Waals surface area (Å²) in [4.78, 5) is 200. The fraction of sp³-hybridized carbons (Fsp3) is 0.403. The largest absolute Gasteiger partial charge is 0.504 e. The topological polar surface area (TPSA) is 554 Å². The van der Waals surface area contributed by atoms with Crippen LogP contribution in [-0.4, -0.2) is 187 Å². The third kappa shape index (κ3) is 18.2. The Morgan fingerprint density at radius 1 is 0.781 bits per heavy atom. The van der Waals surface area contributed by atoms with Crippen molar-refractivity contribution in [2.24, 2.45) is 21.6 Å². The van der Waals surface area contributed by atoms with E-state index in [4.69, 9.17) is 20.4 Å². The van der Waals surface area contributed by atoms with Gasteiger partial charge in [0.15, 0.2) is 23.5 Å². The number of amides is 11. The SMILES string of the molecule is C=C(NC(=O)C(=C)NC(=O)c1csc(C2=NC3[n+]4ccsc4C4NC(=O)c5csc(n5)C(C(C)(O)C(C)O)NC(=O)C5CSC(=N5)/C(=C\C)NC(=O)C(C(C)O)NC(=O)c5csc(n5)C3(CC2)NC(=O)C(C)NC(=O)C(=C)NC(=O)C(C)NC(=O)C(C(C)CC)Nc2ccc3c(C(C)O)cc(nc3c2O)C(=O)OC4C)n1)C(N)=O. The molecule has 6 aromatic rings. The molecular formula is C72H84N19O18S5+. The molecule has 114 heavy (non-hydrogen) atoms. The molecule has 11 amide bonds. The number of carbonyl (C=O) groups excluding carboxylic acids is 12. The molecular weight excluding hydrogens is 1580 g/mol. The number of nitrogens with zero attached hydrogens (tertiary/aromatic N) is 7. The normalized spacial score (nSPS) is 25.1. The average molecular weight is 1660 g/mol. The van der Waals surface area contributed by atoms with Crippen molar-refractivity contribution in [1.82, 2.24) is 73.1 Å². The number of aromatic hydroxyl groups is 1. The van der Waals surface area contributed by atoms with Gasteiger partial charge in [0.2, 0.25) is 29.5 Å². The van der Waals surface area contributed by atoms with Crippen molar-refractivity contribution in [3.63, 3.8) is 0 Å². The number of esters is 1. The van der Waals surface area contributed by atoms with Crippen molar-refractivity contribution in [3.05, 3.63) is 143 Å². The van der Waals surface area contributed by atoms with Crippen LogP contribution in [0.25, 0.3) is 10.9 Å². The number of rotatable bonds is 12. The summed E-state index contributed by atoms with van der Waals surface area (Å²) in [5.74, 6) is -13.0. The standard InChI is InChI=1S/C72H83N19O18S5/c1-14-27(3)47-62(105)78-31(7)56(99)75-29(5)55(98)76-32(8)57(100)90-72-19-18-41(65-83-43(23-112-65)58(101)77-30(6)54(97)74-28(4)53(73)96)85-69(72)91-20-21-110-67(91)49(35(11)109-68(107)42-22-38(33(9)92)37-16-17-40(79-47)51(95)50(37)80-42)88-59(102)44-25-113-66(84-44)52(71(13,108)36(12)94)89-61(104)45-24-111-64(82-45)39(15-2)81-63(106)48(34(10)93)87-60(103)46-26-114-70(72)86-46/h15-17,20-23,25-27,31-36,45,47-49,52,69,92-94,108H,4-6,14,18-19,24H2,1-3,7-13H3,(H13-,73,74,75,76,77,78,79,80,81,83,85,87,88,89,90,95,96,97,98,99,100,101,102,103,104,105,106,107)/p+1/b39-15+. The first-order chi connectivity index (χ1) is 53.8. The molecule has 4 aliphatic heterocycles. The minimum Gasteiger partial charge on any atom is -0.504 e. The lowest BCUT2D eigenvalue weighted by atomic mass is 9.85. The van der Waals surface area contributed by atoms with E-state index in [2.05, 4.69) is 98.2 Å². The van der Waals surface area contributed by atoms with E-state index in [0.717, 1.165) is 57.1 Å². The maximum atomic E-state index is 15.6. The number of carbonyl (C=O) groups is 12. The Bertz CT molecular complexity index is 5040. The summed E-state index contributed by atoms with van der Waals surface area (Å²) < 4.78 is 7.82. The van der Waals surface area contributed by atoms with Crippen molar-refractivity contribution in [2.75, 3.05) is 11.1 Å². The van der Waals surface area contributed by atoms with E-state index >= 15 is 14.4 Å². The van der Waals surface area contributed by atoms with E-state index < -0.39 is 195 Å². The third-order valence-corrected chi connectivity index (χ3v) is 24.1. The molecule has 37 nitrogen and oxygen atoms in total. The highest BCUT2D eigenvalue weighted by atomic mass is 32.2. The molecule has 4 aliphatic rings. The van der Waals surface area contributed by atoms with Gasteiger partial charge in [0, 0.05) is 27.3 Å². The molecule has 0 aliphatic carbocycles. The summed E-state index contributed by atoms with van der Waals surface area (Å²) in [7, 11) is 0. The lowest BCUT2D eigenvalue weighted by Gasteiger charge is -2.38. The molecule has 15 atom stereocenters. The van der Waals surface area contributed by atoms with Crippen LogP contribution in [0, 0.1) is 5.92 Å². The van der Waals surface area contributed by atoms with Gasteiger partial charge in [-0.1, -0.05) is 63.5 Å². The van der Waals surface area contributed by atoms with E-state index in [1.165, 1.54) is 105 Å². The maximum absolute atomic E-state index is 15.6. The zero-order valence-electron chi connectivity index (χ0n) is 62.9. The van der Waals surface area contributed by atoms with Crippen LogP contribution in [-0.2, 0) is 48.6 Å². The zero-order valence-corrected chi connectivity index (χ0v) is 67.0. The van der Waals surface area contributed by atoms with Crippen LogP contribution in [0.5, 0.6) is 5.75 Å². The van der Waals surface area contributed by atoms with Crippen LogP contribution in [0.1, 0.15) is 180 Å². The van der Waals surface area contributed by atoms with Gasteiger partial charge in [-0.05, 0) is 91.8 Å². The summed E-state index contributed by atoms with van der Waals surface area (Å²) in [6, 6.07) is -6.17. The molecule has 9 heterocycles. The zero-order chi connectivity index (χ0) is 83.4. The van der Waals surface area contributed by atoms with E-state index in [1.54, 1.807) is 20.8 Å². The molecule has 5 aromatic heterocycles. The summed E-state index contributed by atoms with van der Waals surface area (Å²) in [5, 5.41) is 92.6. The lowest BCUT2D eigenvalue weighted by Crippen LogP contribution is -2.64. The number of benzene rings is 1. The molecule has 0 saturated carbocycles. The Morgan fingerprint density at radius 3 is 2.15 bits per heavy atom. The summed E-state index contributed by atoms with van der Waals surface area (Å²) in [6.45, 7) is 24.9. The Balaban J connectivity index is 1.21. The molecule has 0 saturated heterocycles. The third-order valence-electron chi connectivity index (χ3n) is 19.3. The summed E-state index contributed by atoms with van der Waals surface area (Å²) in [5.41, 5.74) is -2.42. The first-order valence-corrected chi connectivity index (χ1v) is 39.9. The number of pyridine rings is 1. The van der Waals surface area contributed by atoms with Gasteiger partial charge in [-0.25, -0.2) is 29.7 Å². The number of primary amides is 1. The molecule has 18 N–H and O–H groups in total. The number of nitrogens with two attached hydrogens (primary N) is 1. The van der Waals surface area contributed by atoms with Gasteiger partial charge >= 0.3 is 5.97 Å². The van der Waals surface area contributed by atoms with Gasteiger partial charge in [0.05, 0.1) is 57.9 Å². The van der Waals surface area contributed by atoms with E-state index in [-0.39, 0.29) is 88.6 Å². The van der Waals surface area contributed by atoms with Gasteiger partial charge < -0.3 is 94.5 Å². The number of allylic oxidation sites excluding steroid dienone is 1. The maximum Gasteiger partial charge on any atom is 0.357 e. The number of ether oxygens (including phenoxy) is 1. The number of cyclic esters (lactones) is 1. The van der Waals surface area contributed by atoms with Crippen LogP contribution >= 0.6 is 57.1 Å². The van der Waals surface area contributed by atoms with Crippen molar-refractivity contribution in [1.29, 1.82) is 0 Å². The van der Waals surface area contributed by atoms with Crippen molar-refractivity contribution in [2.45, 2.75) is 173 Å². The number of hydrogen-bond donors (Lipinski definition) is 17. The van der Waals surface area contributed by atoms with Gasteiger partial charge in [-0.2, -0.15) is 4.57 Å². The number of fused-ring (bicyclic) bond motifs is 7. The van der Waals surface area contributed by atoms with Gasteiger partial charge in [0.1, 0.15) is 96.3 Å². The Hall–Kier alpha value is -11.1. The number of phenolic OH excluding ortho intramolecular Hbond substituents is 1. The Labute approximate surface area is 670 Å². The number of aliphatic imine (C=N–C) groups is 2.